The van der Waals surface area contributed by atoms with E-state index in [1.807, 2.05) is 0 Å². The van der Waals surface area contributed by atoms with Gasteiger partial charge in [-0.15, -0.1) is 0 Å². The highest BCUT2D eigenvalue weighted by Crippen LogP contribution is 2.53. The zero-order chi connectivity index (χ0) is 19.0. The average Bonchev–Trinajstić information content (AvgIpc) is 2.67. The molecule has 1 amide bonds. The van der Waals surface area contributed by atoms with Crippen LogP contribution in [0.4, 0.5) is 4.79 Å². The van der Waals surface area contributed by atoms with Crippen LogP contribution in [-0.2, 0) is 0 Å². The highest BCUT2D eigenvalue weighted by atomic mass is 16.4. The highest BCUT2D eigenvalue weighted by molar-refractivity contribution is 5.65. The first-order valence-electron chi connectivity index (χ1n) is 10.5. The molecule has 2 N–H and O–H groups in total. The van der Waals surface area contributed by atoms with E-state index >= 15 is 0 Å². The summed E-state index contributed by atoms with van der Waals surface area (Å²) in [5.41, 5.74) is 3.27. The molecule has 0 bridgehead atoms. The van der Waals surface area contributed by atoms with Crippen LogP contribution in [0.2, 0.25) is 0 Å². The molecule has 2 saturated heterocycles. The van der Waals surface area contributed by atoms with Gasteiger partial charge in [-0.05, 0) is 48.1 Å². The van der Waals surface area contributed by atoms with E-state index in [-0.39, 0.29) is 0 Å². The van der Waals surface area contributed by atoms with Crippen molar-refractivity contribution in [2.24, 2.45) is 5.41 Å². The van der Waals surface area contributed by atoms with Crippen LogP contribution in [0.15, 0.2) is 24.3 Å². The minimum atomic E-state index is -0.758. The summed E-state index contributed by atoms with van der Waals surface area (Å²) < 4.78 is 0. The van der Waals surface area contributed by atoms with Crippen LogP contribution in [0.1, 0.15) is 62.6 Å². The van der Waals surface area contributed by atoms with Gasteiger partial charge in [0.15, 0.2) is 0 Å². The molecular weight excluding hydrogens is 338 g/mol. The van der Waals surface area contributed by atoms with Crippen LogP contribution >= 0.6 is 0 Å². The van der Waals surface area contributed by atoms with Crippen molar-refractivity contribution in [2.45, 2.75) is 57.5 Å². The molecule has 27 heavy (non-hydrogen) atoms. The smallest absolute Gasteiger partial charge is 0.407 e. The Bertz CT molecular complexity index is 682. The molecule has 2 heterocycles. The maximum absolute atomic E-state index is 11.3. The molecule has 1 saturated carbocycles. The number of nitrogens with one attached hydrogen (secondary N) is 1. The summed E-state index contributed by atoms with van der Waals surface area (Å²) in [6, 6.07) is 9.97. The zero-order valence-electron chi connectivity index (χ0n) is 16.7. The van der Waals surface area contributed by atoms with Crippen molar-refractivity contribution in [3.05, 3.63) is 35.4 Å². The second-order valence-corrected chi connectivity index (χ2v) is 8.93. The largest absolute Gasteiger partial charge is 0.465 e. The van der Waals surface area contributed by atoms with Crippen molar-refractivity contribution < 1.29 is 9.90 Å². The third-order valence-corrected chi connectivity index (χ3v) is 7.31. The van der Waals surface area contributed by atoms with E-state index in [9.17, 15) is 9.90 Å². The second kappa shape index (κ2) is 7.44. The molecule has 1 spiro atoms. The molecule has 1 aromatic rings. The topological polar surface area (TPSA) is 55.8 Å². The third-order valence-electron chi connectivity index (χ3n) is 7.31. The number of hydrogen-bond acceptors (Lipinski definition) is 3. The first-order chi connectivity index (χ1) is 13.0. The van der Waals surface area contributed by atoms with Crippen molar-refractivity contribution in [3.63, 3.8) is 0 Å². The Morgan fingerprint density at radius 1 is 1.19 bits per heavy atom. The fourth-order valence-electron chi connectivity index (χ4n) is 5.65. The van der Waals surface area contributed by atoms with Crippen molar-refractivity contribution in [1.82, 2.24) is 15.1 Å². The Balaban J connectivity index is 1.56. The maximum atomic E-state index is 11.3. The molecule has 0 radical (unpaired) electrons. The molecule has 3 fully saturated rings. The van der Waals surface area contributed by atoms with Crippen LogP contribution in [0.3, 0.4) is 0 Å². The summed E-state index contributed by atoms with van der Waals surface area (Å²) in [6.45, 7) is 9.12. The lowest BCUT2D eigenvalue weighted by atomic mass is 9.58. The van der Waals surface area contributed by atoms with Gasteiger partial charge in [-0.3, -0.25) is 4.90 Å². The van der Waals surface area contributed by atoms with Gasteiger partial charge < -0.3 is 15.3 Å². The predicted octanol–water partition coefficient (Wildman–Crippen LogP) is 3.68. The summed E-state index contributed by atoms with van der Waals surface area (Å²) in [6.07, 6.45) is 3.80. The van der Waals surface area contributed by atoms with E-state index < -0.39 is 6.09 Å². The van der Waals surface area contributed by atoms with E-state index in [0.717, 1.165) is 32.5 Å². The molecule has 1 aliphatic carbocycles. The standard InChI is InChI=1S/C22H33N3O2/c1-16(2)17-5-3-4-6-18(17)19-15-23-11-14-25(19)20-7-8-22(20)9-12-24(13-10-22)21(26)27/h3-6,16,19-20,23H,7-15H2,1-2H3,(H,26,27). The number of rotatable bonds is 3. The molecule has 2 unspecified atom stereocenters. The number of piperazine rings is 1. The number of carbonyl (C=O) groups is 1. The van der Waals surface area contributed by atoms with Crippen LogP contribution in [0.25, 0.3) is 0 Å². The molecule has 4 rings (SSSR count). The fraction of sp³-hybridized carbons (Fsp3) is 0.682. The van der Waals surface area contributed by atoms with E-state index in [0.29, 0.717) is 36.5 Å². The van der Waals surface area contributed by atoms with Gasteiger partial charge >= 0.3 is 6.09 Å². The van der Waals surface area contributed by atoms with Gasteiger partial charge in [0.2, 0.25) is 0 Å². The van der Waals surface area contributed by atoms with Gasteiger partial charge in [-0.2, -0.15) is 0 Å². The normalized spacial score (nSPS) is 28.3. The number of piperidine rings is 1. The fourth-order valence-corrected chi connectivity index (χ4v) is 5.65. The number of carboxylic acid groups (broad SMARTS) is 1. The summed E-state index contributed by atoms with van der Waals surface area (Å²) in [4.78, 5) is 15.7. The van der Waals surface area contributed by atoms with Crippen LogP contribution in [0, 0.1) is 5.41 Å². The highest BCUT2D eigenvalue weighted by Gasteiger charge is 2.52. The van der Waals surface area contributed by atoms with Gasteiger partial charge in [0, 0.05) is 44.8 Å². The van der Waals surface area contributed by atoms with Crippen molar-refractivity contribution in [2.75, 3.05) is 32.7 Å². The van der Waals surface area contributed by atoms with Crippen LogP contribution < -0.4 is 5.32 Å². The second-order valence-electron chi connectivity index (χ2n) is 8.93. The molecule has 1 aromatic carbocycles. The van der Waals surface area contributed by atoms with E-state index in [2.05, 4.69) is 48.3 Å². The zero-order valence-corrected chi connectivity index (χ0v) is 16.7. The van der Waals surface area contributed by atoms with Gasteiger partial charge in [0.05, 0.1) is 0 Å². The molecule has 5 nitrogen and oxygen atoms in total. The van der Waals surface area contributed by atoms with Crippen molar-refractivity contribution in [1.29, 1.82) is 0 Å². The first-order valence-corrected chi connectivity index (χ1v) is 10.5. The Kier molecular flexibility index (Phi) is 5.17. The number of hydrogen-bond donors (Lipinski definition) is 2. The Morgan fingerprint density at radius 3 is 2.56 bits per heavy atom. The first kappa shape index (κ1) is 18.8. The minimum absolute atomic E-state index is 0.328. The summed E-state index contributed by atoms with van der Waals surface area (Å²) >= 11 is 0. The average molecular weight is 372 g/mol. The summed E-state index contributed by atoms with van der Waals surface area (Å²) in [5, 5.41) is 12.9. The van der Waals surface area contributed by atoms with Gasteiger partial charge in [0.1, 0.15) is 0 Å². The van der Waals surface area contributed by atoms with Gasteiger partial charge in [-0.1, -0.05) is 38.1 Å². The maximum Gasteiger partial charge on any atom is 0.407 e. The molecule has 3 aliphatic rings. The number of likely N-dealkylation sites (tertiary alicyclic amines) is 1. The monoisotopic (exact) mass is 371 g/mol. The quantitative estimate of drug-likeness (QED) is 0.851. The molecular formula is C22H33N3O2. The Morgan fingerprint density at radius 2 is 1.93 bits per heavy atom. The lowest BCUT2D eigenvalue weighted by molar-refractivity contribution is -0.0865. The van der Waals surface area contributed by atoms with E-state index in [1.54, 1.807) is 4.90 Å². The molecule has 0 aromatic heterocycles. The van der Waals surface area contributed by atoms with Crippen molar-refractivity contribution in [3.8, 4) is 0 Å². The van der Waals surface area contributed by atoms with Crippen LogP contribution in [0.5, 0.6) is 0 Å². The summed E-state index contributed by atoms with van der Waals surface area (Å²) in [7, 11) is 0. The predicted molar refractivity (Wildman–Crippen MR) is 107 cm³/mol. The molecule has 2 atom stereocenters. The number of amides is 1. The number of benzene rings is 1. The Labute approximate surface area is 162 Å². The van der Waals surface area contributed by atoms with E-state index in [4.69, 9.17) is 0 Å². The van der Waals surface area contributed by atoms with E-state index in [1.165, 1.54) is 24.0 Å². The lowest BCUT2D eigenvalue weighted by Crippen LogP contribution is -2.63. The van der Waals surface area contributed by atoms with Crippen LogP contribution in [-0.4, -0.2) is 59.8 Å². The number of nitrogens with zero attached hydrogens (tertiary/aromatic N) is 2. The SMILES string of the molecule is CC(C)c1ccccc1C1CNCCN1C1CCC12CCN(C(=O)O)CC2. The Hall–Kier alpha value is -1.59. The summed E-state index contributed by atoms with van der Waals surface area (Å²) in [5.74, 6) is 0.527. The van der Waals surface area contributed by atoms with Gasteiger partial charge in [0.25, 0.3) is 0 Å². The molecule has 5 heteroatoms. The van der Waals surface area contributed by atoms with Gasteiger partial charge in [-0.25, -0.2) is 4.79 Å². The molecule has 148 valence electrons. The minimum Gasteiger partial charge on any atom is -0.465 e. The lowest BCUT2D eigenvalue weighted by Gasteiger charge is -2.59. The molecule has 2 aliphatic heterocycles. The third kappa shape index (κ3) is 3.36. The van der Waals surface area contributed by atoms with Crippen molar-refractivity contribution >= 4 is 6.09 Å².